The maximum Gasteiger partial charge on any atom is 0.369 e. The summed E-state index contributed by atoms with van der Waals surface area (Å²) in [4.78, 5) is 14.6. The molecule has 0 aliphatic carbocycles. The van der Waals surface area contributed by atoms with E-state index in [1.54, 1.807) is 0 Å². The number of ether oxygens (including phenoxy) is 2. The molecule has 0 amide bonds. The molecule has 0 saturated carbocycles. The molecule has 7 nitrogen and oxygen atoms in total. The van der Waals surface area contributed by atoms with Gasteiger partial charge in [-0.2, -0.15) is 14.4 Å². The predicted molar refractivity (Wildman–Crippen MR) is 73.5 cm³/mol. The lowest BCUT2D eigenvalue weighted by atomic mass is 10.3. The minimum Gasteiger partial charge on any atom is -0.497 e. The van der Waals surface area contributed by atoms with Gasteiger partial charge in [0.05, 0.1) is 17.0 Å². The summed E-state index contributed by atoms with van der Waals surface area (Å²) in [5.74, 6) is -3.37. The standard InChI is InChI=1S/C12H8Cl2F2N2O5/c13-7-5-8(14)10(17-9(7)15)22-11(12(19)20)18(23-16)6-1-3-21-4-2-6/h1-3,5,11H,4H2,(H,19,20). The fourth-order valence-corrected chi connectivity index (χ4v) is 1.97. The largest absolute Gasteiger partial charge is 0.497 e. The fraction of sp³-hybridized carbons (Fsp3) is 0.167. The molecule has 2 rings (SSSR count). The molecule has 1 N–H and O–H groups in total. The summed E-state index contributed by atoms with van der Waals surface area (Å²) < 4.78 is 36.0. The number of allylic oxidation sites excluding steroid dienone is 1. The van der Waals surface area contributed by atoms with Crippen LogP contribution in [0.25, 0.3) is 0 Å². The first-order valence-corrected chi connectivity index (χ1v) is 6.67. The van der Waals surface area contributed by atoms with Crippen LogP contribution in [0.1, 0.15) is 0 Å². The Bertz CT molecular complexity index is 671. The third kappa shape index (κ3) is 4.01. The minimum absolute atomic E-state index is 0.00305. The highest BCUT2D eigenvalue weighted by atomic mass is 35.5. The molecule has 23 heavy (non-hydrogen) atoms. The first kappa shape index (κ1) is 17.3. The Morgan fingerprint density at radius 3 is 2.78 bits per heavy atom. The Labute approximate surface area is 138 Å². The van der Waals surface area contributed by atoms with Gasteiger partial charge < -0.3 is 14.6 Å². The van der Waals surface area contributed by atoms with Crippen molar-refractivity contribution in [1.29, 1.82) is 0 Å². The van der Waals surface area contributed by atoms with Gasteiger partial charge in [0, 0.05) is 0 Å². The molecule has 1 aliphatic heterocycles. The molecule has 0 saturated heterocycles. The number of carboxylic acid groups (broad SMARTS) is 1. The number of aromatic nitrogens is 1. The summed E-state index contributed by atoms with van der Waals surface area (Å²) in [5, 5.41) is 12.4. The molecule has 0 aromatic carbocycles. The van der Waals surface area contributed by atoms with Gasteiger partial charge in [0.25, 0.3) is 6.23 Å². The summed E-state index contributed by atoms with van der Waals surface area (Å²) in [5.41, 5.74) is -0.00305. The van der Waals surface area contributed by atoms with Gasteiger partial charge in [0.2, 0.25) is 11.8 Å². The van der Waals surface area contributed by atoms with E-state index in [2.05, 4.69) is 10.0 Å². The first-order chi connectivity index (χ1) is 10.9. The van der Waals surface area contributed by atoms with Crippen molar-refractivity contribution < 1.29 is 33.3 Å². The third-order valence-corrected chi connectivity index (χ3v) is 3.09. The van der Waals surface area contributed by atoms with Crippen molar-refractivity contribution in [2.75, 3.05) is 6.61 Å². The number of carboxylic acids is 1. The van der Waals surface area contributed by atoms with Gasteiger partial charge in [-0.1, -0.05) is 28.2 Å². The van der Waals surface area contributed by atoms with Crippen molar-refractivity contribution in [3.05, 3.63) is 46.2 Å². The van der Waals surface area contributed by atoms with E-state index in [1.807, 2.05) is 0 Å². The summed E-state index contributed by atoms with van der Waals surface area (Å²) in [6, 6.07) is 0.966. The van der Waals surface area contributed by atoms with Crippen LogP contribution in [0, 0.1) is 5.95 Å². The van der Waals surface area contributed by atoms with Crippen LogP contribution in [0.2, 0.25) is 10.0 Å². The number of hydrogen-bond donors (Lipinski definition) is 1. The van der Waals surface area contributed by atoms with Crippen LogP contribution in [0.4, 0.5) is 8.92 Å². The Hall–Kier alpha value is -2.10. The molecule has 0 spiro atoms. The van der Waals surface area contributed by atoms with Gasteiger partial charge in [0.1, 0.15) is 11.6 Å². The molecule has 0 radical (unpaired) electrons. The number of nitrogens with zero attached hydrogens (tertiary/aromatic N) is 2. The van der Waals surface area contributed by atoms with E-state index in [0.717, 1.165) is 6.07 Å². The highest BCUT2D eigenvalue weighted by Crippen LogP contribution is 2.29. The van der Waals surface area contributed by atoms with Crippen LogP contribution in [0.5, 0.6) is 5.88 Å². The fourth-order valence-electron chi connectivity index (χ4n) is 1.57. The Balaban J connectivity index is 2.31. The molecule has 1 atom stereocenters. The minimum atomic E-state index is -2.04. The normalized spacial score (nSPS) is 14.7. The lowest BCUT2D eigenvalue weighted by molar-refractivity contribution is -0.337. The van der Waals surface area contributed by atoms with Crippen LogP contribution in [-0.4, -0.2) is 34.0 Å². The van der Waals surface area contributed by atoms with Crippen LogP contribution in [0.15, 0.2) is 30.2 Å². The number of halogens is 4. The van der Waals surface area contributed by atoms with E-state index in [-0.39, 0.29) is 27.4 Å². The van der Waals surface area contributed by atoms with E-state index in [4.69, 9.17) is 32.7 Å². The number of pyridine rings is 1. The van der Waals surface area contributed by atoms with Gasteiger partial charge in [-0.05, 0) is 22.7 Å². The second-order valence-corrected chi connectivity index (χ2v) is 4.83. The Morgan fingerprint density at radius 2 is 2.22 bits per heavy atom. The number of hydrogen-bond acceptors (Lipinski definition) is 6. The van der Waals surface area contributed by atoms with Crippen molar-refractivity contribution in [3.63, 3.8) is 0 Å². The molecule has 0 fully saturated rings. The average Bonchev–Trinajstić information content (AvgIpc) is 2.52. The topological polar surface area (TPSA) is 81.1 Å². The van der Waals surface area contributed by atoms with E-state index in [1.165, 1.54) is 18.4 Å². The lowest BCUT2D eigenvalue weighted by Gasteiger charge is -2.26. The summed E-state index contributed by atoms with van der Waals surface area (Å²) in [6.07, 6.45) is 1.73. The summed E-state index contributed by atoms with van der Waals surface area (Å²) in [6.45, 7) is 0.0621. The van der Waals surface area contributed by atoms with Gasteiger partial charge in [0.15, 0.2) is 0 Å². The molecule has 1 aliphatic rings. The van der Waals surface area contributed by atoms with E-state index >= 15 is 0 Å². The van der Waals surface area contributed by atoms with Crippen molar-refractivity contribution >= 4 is 29.2 Å². The lowest BCUT2D eigenvalue weighted by Crippen LogP contribution is -2.43. The number of hydroxylamine groups is 2. The molecule has 1 unspecified atom stereocenters. The third-order valence-electron chi connectivity index (χ3n) is 2.55. The highest BCUT2D eigenvalue weighted by molar-refractivity contribution is 6.35. The van der Waals surface area contributed by atoms with Crippen LogP contribution < -0.4 is 4.74 Å². The monoisotopic (exact) mass is 368 g/mol. The quantitative estimate of drug-likeness (QED) is 0.469. The van der Waals surface area contributed by atoms with Crippen molar-refractivity contribution in [2.24, 2.45) is 0 Å². The van der Waals surface area contributed by atoms with Crippen LogP contribution in [-0.2, 0) is 14.6 Å². The second-order valence-electron chi connectivity index (χ2n) is 4.02. The smallest absolute Gasteiger partial charge is 0.369 e. The first-order valence-electron chi connectivity index (χ1n) is 5.91. The molecule has 124 valence electrons. The number of carbonyl (C=O) groups is 1. The molecule has 1 aromatic rings. The number of rotatable bonds is 6. The van der Waals surface area contributed by atoms with Gasteiger partial charge >= 0.3 is 5.97 Å². The van der Waals surface area contributed by atoms with E-state index in [0.29, 0.717) is 0 Å². The Morgan fingerprint density at radius 1 is 1.48 bits per heavy atom. The van der Waals surface area contributed by atoms with E-state index in [9.17, 15) is 18.8 Å². The second kappa shape index (κ2) is 7.44. The maximum atomic E-state index is 13.4. The van der Waals surface area contributed by atoms with E-state index < -0.39 is 24.0 Å². The van der Waals surface area contributed by atoms with Gasteiger partial charge in [-0.3, -0.25) is 0 Å². The molecular formula is C12H8Cl2F2N2O5. The molecule has 0 bridgehead atoms. The zero-order valence-electron chi connectivity index (χ0n) is 11.1. The number of aliphatic carboxylic acids is 1. The zero-order chi connectivity index (χ0) is 17.0. The predicted octanol–water partition coefficient (Wildman–Crippen LogP) is 2.86. The van der Waals surface area contributed by atoms with Crippen molar-refractivity contribution in [3.8, 4) is 5.88 Å². The Kier molecular flexibility index (Phi) is 5.59. The maximum absolute atomic E-state index is 13.4. The summed E-state index contributed by atoms with van der Waals surface area (Å²) >= 11 is 11.2. The van der Waals surface area contributed by atoms with Crippen LogP contribution >= 0.6 is 23.2 Å². The highest BCUT2D eigenvalue weighted by Gasteiger charge is 2.33. The van der Waals surface area contributed by atoms with Gasteiger partial charge in [-0.25, -0.2) is 4.79 Å². The molecular weight excluding hydrogens is 361 g/mol. The van der Waals surface area contributed by atoms with Gasteiger partial charge in [-0.15, -0.1) is 0 Å². The molecule has 1 aromatic heterocycles. The van der Waals surface area contributed by atoms with Crippen molar-refractivity contribution in [1.82, 2.24) is 10.0 Å². The average molecular weight is 369 g/mol. The molecule has 2 heterocycles. The summed E-state index contributed by atoms with van der Waals surface area (Å²) in [7, 11) is 0. The molecule has 11 heteroatoms. The zero-order valence-corrected chi connectivity index (χ0v) is 12.6. The van der Waals surface area contributed by atoms with Crippen LogP contribution in [0.3, 0.4) is 0 Å². The SMILES string of the molecule is O=C(O)C(Oc1nc(F)c(Cl)cc1Cl)N(OF)C1=CCOC=C1. The van der Waals surface area contributed by atoms with Crippen molar-refractivity contribution in [2.45, 2.75) is 6.23 Å².